The van der Waals surface area contributed by atoms with Crippen LogP contribution in [0.4, 0.5) is 15.3 Å². The lowest BCUT2D eigenvalue weighted by Crippen LogP contribution is -2.65. The summed E-state index contributed by atoms with van der Waals surface area (Å²) in [6, 6.07) is 1.49. The fourth-order valence-corrected chi connectivity index (χ4v) is 6.93. The van der Waals surface area contributed by atoms with Crippen LogP contribution in [0.15, 0.2) is 6.07 Å². The summed E-state index contributed by atoms with van der Waals surface area (Å²) in [7, 11) is 0. The molecule has 11 heteroatoms. The summed E-state index contributed by atoms with van der Waals surface area (Å²) in [5.41, 5.74) is -1.26. The number of amides is 3. The third-order valence-corrected chi connectivity index (χ3v) is 9.48. The van der Waals surface area contributed by atoms with E-state index in [1.54, 1.807) is 43.6 Å². The first-order valence-corrected chi connectivity index (χ1v) is 16.8. The first kappa shape index (κ1) is 34.6. The fraction of sp³-hybridized carbons (Fsp3) is 0.706. The zero-order valence-electron chi connectivity index (χ0n) is 28.0. The molecule has 3 heterocycles. The molecule has 2 aliphatic heterocycles. The van der Waals surface area contributed by atoms with Crippen LogP contribution in [0.3, 0.4) is 0 Å². The molecular weight excluding hydrogens is 594 g/mol. The molecule has 3 fully saturated rings. The van der Waals surface area contributed by atoms with Gasteiger partial charge in [-0.2, -0.15) is 0 Å². The number of piperidine rings is 1. The van der Waals surface area contributed by atoms with Gasteiger partial charge in [0.15, 0.2) is 0 Å². The van der Waals surface area contributed by atoms with E-state index in [1.807, 2.05) is 20.8 Å². The monoisotopic (exact) mass is 643 g/mol. The predicted molar refractivity (Wildman–Crippen MR) is 174 cm³/mol. The lowest BCUT2D eigenvalue weighted by Gasteiger charge is -2.47. The standard InChI is InChI=1S/C34H49N3O7S/c1-22-9-11-23(12-10-22)28(38)37(26-19-25(13-16-32(2,3)4)45-27(26)29(39)40)24-14-17-35(18-15-24)30(41)44-34(8)20-36(21-34)31(42)43-33(5,6)7/h19,22-24H,9-12,14-15,17-18,20-21H2,1-8H3,(H,39,40). The maximum absolute atomic E-state index is 14.2. The Kier molecular flexibility index (Phi) is 10.2. The largest absolute Gasteiger partial charge is 0.477 e. The summed E-state index contributed by atoms with van der Waals surface area (Å²) >= 11 is 1.10. The Hall–Kier alpha value is -3.26. The Morgan fingerprint density at radius 1 is 0.956 bits per heavy atom. The molecule has 3 amide bonds. The van der Waals surface area contributed by atoms with Crippen LogP contribution < -0.4 is 4.90 Å². The van der Waals surface area contributed by atoms with Gasteiger partial charge >= 0.3 is 18.2 Å². The van der Waals surface area contributed by atoms with Crippen molar-refractivity contribution in [3.8, 4) is 11.8 Å². The van der Waals surface area contributed by atoms with E-state index >= 15 is 0 Å². The van der Waals surface area contributed by atoms with Gasteiger partial charge in [0.05, 0.1) is 23.7 Å². The molecule has 248 valence electrons. The fourth-order valence-electron chi connectivity index (χ4n) is 6.09. The van der Waals surface area contributed by atoms with Gasteiger partial charge in [0.1, 0.15) is 16.1 Å². The second kappa shape index (κ2) is 13.2. The Bertz CT molecular complexity index is 1340. The highest BCUT2D eigenvalue weighted by Gasteiger charge is 2.47. The number of carboxylic acid groups (broad SMARTS) is 1. The van der Waals surface area contributed by atoms with Crippen LogP contribution in [-0.4, -0.2) is 82.4 Å². The van der Waals surface area contributed by atoms with Crippen molar-refractivity contribution in [2.24, 2.45) is 17.3 Å². The Labute approximate surface area is 271 Å². The molecule has 4 rings (SSSR count). The third kappa shape index (κ3) is 8.93. The SMILES string of the molecule is CC1CCC(C(=O)N(c2cc(C#CC(C)(C)C)sc2C(=O)O)C2CCN(C(=O)OC3(C)CN(C(=O)OC(C)(C)C)C3)CC2)CC1. The van der Waals surface area contributed by atoms with Crippen LogP contribution in [0.5, 0.6) is 0 Å². The van der Waals surface area contributed by atoms with Crippen molar-refractivity contribution in [2.45, 2.75) is 111 Å². The quantitative estimate of drug-likeness (QED) is 0.359. The lowest BCUT2D eigenvalue weighted by molar-refractivity contribution is -0.124. The van der Waals surface area contributed by atoms with Crippen molar-refractivity contribution < 1.29 is 33.8 Å². The highest BCUT2D eigenvalue weighted by Crippen LogP contribution is 2.38. The normalized spacial score (nSPS) is 22.0. The molecule has 2 saturated heterocycles. The van der Waals surface area contributed by atoms with Crippen molar-refractivity contribution in [1.82, 2.24) is 9.80 Å². The topological polar surface area (TPSA) is 117 Å². The van der Waals surface area contributed by atoms with E-state index in [0.717, 1.165) is 37.0 Å². The van der Waals surface area contributed by atoms with Gasteiger partial charge < -0.3 is 29.3 Å². The van der Waals surface area contributed by atoms with E-state index in [9.17, 15) is 24.3 Å². The third-order valence-electron chi connectivity index (χ3n) is 8.45. The van der Waals surface area contributed by atoms with E-state index < -0.39 is 29.4 Å². The number of carboxylic acids is 1. The van der Waals surface area contributed by atoms with Gasteiger partial charge in [0, 0.05) is 30.5 Å². The predicted octanol–water partition coefficient (Wildman–Crippen LogP) is 6.61. The maximum atomic E-state index is 14.2. The smallest absolute Gasteiger partial charge is 0.410 e. The number of hydrogen-bond acceptors (Lipinski definition) is 7. The number of hydrogen-bond donors (Lipinski definition) is 1. The van der Waals surface area contributed by atoms with Crippen LogP contribution in [0.2, 0.25) is 0 Å². The Balaban J connectivity index is 1.48. The summed E-state index contributed by atoms with van der Waals surface area (Å²) in [4.78, 5) is 57.7. The number of likely N-dealkylation sites (tertiary alicyclic amines) is 2. The molecule has 0 aromatic carbocycles. The van der Waals surface area contributed by atoms with Crippen LogP contribution >= 0.6 is 11.3 Å². The van der Waals surface area contributed by atoms with Crippen LogP contribution in [0.25, 0.3) is 0 Å². The Morgan fingerprint density at radius 3 is 2.09 bits per heavy atom. The number of carbonyl (C=O) groups excluding carboxylic acids is 3. The number of thiophene rings is 1. The summed E-state index contributed by atoms with van der Waals surface area (Å²) in [5.74, 6) is 5.59. The van der Waals surface area contributed by atoms with Crippen LogP contribution in [-0.2, 0) is 14.3 Å². The van der Waals surface area contributed by atoms with E-state index in [2.05, 4.69) is 18.8 Å². The number of nitrogens with zero attached hydrogens (tertiary/aromatic N) is 3. The minimum Gasteiger partial charge on any atom is -0.477 e. The van der Waals surface area contributed by atoms with Gasteiger partial charge in [0.25, 0.3) is 0 Å². The number of rotatable bonds is 5. The highest BCUT2D eigenvalue weighted by atomic mass is 32.1. The van der Waals surface area contributed by atoms with Crippen molar-refractivity contribution >= 4 is 41.1 Å². The van der Waals surface area contributed by atoms with Gasteiger partial charge in [-0.15, -0.1) is 11.3 Å². The average Bonchev–Trinajstić information content (AvgIpc) is 3.34. The van der Waals surface area contributed by atoms with Crippen molar-refractivity contribution in [1.29, 1.82) is 0 Å². The van der Waals surface area contributed by atoms with Crippen LogP contribution in [0.1, 0.15) is 108 Å². The highest BCUT2D eigenvalue weighted by molar-refractivity contribution is 7.15. The van der Waals surface area contributed by atoms with Gasteiger partial charge in [-0.3, -0.25) is 4.79 Å². The molecule has 0 bridgehead atoms. The first-order valence-electron chi connectivity index (χ1n) is 16.0. The van der Waals surface area contributed by atoms with Gasteiger partial charge in [-0.1, -0.05) is 18.8 Å². The molecule has 1 aromatic rings. The molecule has 0 spiro atoms. The van der Waals surface area contributed by atoms with E-state index in [-0.39, 0.29) is 41.2 Å². The van der Waals surface area contributed by atoms with Crippen molar-refractivity contribution in [2.75, 3.05) is 31.1 Å². The summed E-state index contributed by atoms with van der Waals surface area (Å²) < 4.78 is 11.2. The molecule has 0 radical (unpaired) electrons. The molecule has 1 saturated carbocycles. The van der Waals surface area contributed by atoms with Gasteiger partial charge in [-0.25, -0.2) is 14.4 Å². The molecule has 1 aliphatic carbocycles. The second-order valence-corrected chi connectivity index (χ2v) is 16.2. The molecule has 0 atom stereocenters. The lowest BCUT2D eigenvalue weighted by atomic mass is 9.82. The number of ether oxygens (including phenoxy) is 2. The average molecular weight is 644 g/mol. The van der Waals surface area contributed by atoms with Crippen molar-refractivity contribution in [3.05, 3.63) is 15.8 Å². The Morgan fingerprint density at radius 2 is 1.56 bits per heavy atom. The zero-order valence-corrected chi connectivity index (χ0v) is 28.8. The minimum absolute atomic E-state index is 0.0391. The maximum Gasteiger partial charge on any atom is 0.410 e. The number of anilines is 1. The summed E-state index contributed by atoms with van der Waals surface area (Å²) in [5, 5.41) is 10.2. The first-order chi connectivity index (χ1) is 20.8. The van der Waals surface area contributed by atoms with Crippen LogP contribution in [0, 0.1) is 29.1 Å². The van der Waals surface area contributed by atoms with Gasteiger partial charge in [0.2, 0.25) is 5.91 Å². The molecule has 1 N–H and O–H groups in total. The molecule has 1 aromatic heterocycles. The molecule has 45 heavy (non-hydrogen) atoms. The van der Waals surface area contributed by atoms with E-state index in [4.69, 9.17) is 9.47 Å². The number of aromatic carboxylic acids is 1. The van der Waals surface area contributed by atoms with E-state index in [1.165, 1.54) is 4.90 Å². The summed E-state index contributed by atoms with van der Waals surface area (Å²) in [6.45, 7) is 16.6. The van der Waals surface area contributed by atoms with Gasteiger partial charge in [-0.05, 0) is 99.0 Å². The molecule has 10 nitrogen and oxygen atoms in total. The van der Waals surface area contributed by atoms with E-state index in [0.29, 0.717) is 42.4 Å². The zero-order chi connectivity index (χ0) is 33.3. The minimum atomic E-state index is -1.08. The number of carbonyl (C=O) groups is 4. The van der Waals surface area contributed by atoms with Crippen molar-refractivity contribution in [3.63, 3.8) is 0 Å². The summed E-state index contributed by atoms with van der Waals surface area (Å²) in [6.07, 6.45) is 3.59. The molecular formula is C34H49N3O7S. The second-order valence-electron chi connectivity index (χ2n) is 15.2. The molecule has 0 unspecified atom stereocenters. The molecule has 3 aliphatic rings.